The normalized spacial score (nSPS) is 22.7. The van der Waals surface area contributed by atoms with Gasteiger partial charge in [-0.2, -0.15) is 5.10 Å². The molecule has 1 heterocycles. The molecule has 1 amide bonds. The number of rotatable bonds is 4. The molecule has 1 aromatic rings. The Morgan fingerprint density at radius 3 is 2.79 bits per heavy atom. The number of nitrogens with zero attached hydrogens (tertiary/aromatic N) is 2. The van der Waals surface area contributed by atoms with Crippen LogP contribution in [-0.4, -0.2) is 33.4 Å². The van der Waals surface area contributed by atoms with E-state index in [1.165, 1.54) is 0 Å². The first kappa shape index (κ1) is 14.1. The van der Waals surface area contributed by atoms with Gasteiger partial charge in [-0.15, -0.1) is 0 Å². The maximum atomic E-state index is 12.1. The van der Waals surface area contributed by atoms with E-state index < -0.39 is 0 Å². The molecule has 5 nitrogen and oxygen atoms in total. The van der Waals surface area contributed by atoms with E-state index in [-0.39, 0.29) is 24.5 Å². The zero-order valence-electron chi connectivity index (χ0n) is 11.9. The van der Waals surface area contributed by atoms with E-state index in [0.29, 0.717) is 6.42 Å². The average Bonchev–Trinajstić information content (AvgIpc) is 2.89. The number of aliphatic hydroxyl groups is 1. The molecule has 1 aromatic heterocycles. The van der Waals surface area contributed by atoms with E-state index in [2.05, 4.69) is 10.4 Å². The van der Waals surface area contributed by atoms with E-state index in [4.69, 9.17) is 0 Å². The molecule has 1 aliphatic carbocycles. The lowest BCUT2D eigenvalue weighted by Gasteiger charge is -2.19. The minimum Gasteiger partial charge on any atom is -0.396 e. The van der Waals surface area contributed by atoms with Crippen molar-refractivity contribution in [3.05, 3.63) is 17.0 Å². The highest BCUT2D eigenvalue weighted by Gasteiger charge is 2.28. The standard InChI is InChI=1S/C14H23N3O2/c1-9-12(10(2)17(3)16-9)7-14(19)15-13-6-4-5-11(13)8-18/h11,13,18H,4-8H2,1-3H3,(H,15,19). The summed E-state index contributed by atoms with van der Waals surface area (Å²) < 4.78 is 1.81. The molecule has 2 rings (SSSR count). The molecule has 1 fully saturated rings. The van der Waals surface area contributed by atoms with Crippen LogP contribution in [0.5, 0.6) is 0 Å². The predicted octanol–water partition coefficient (Wildman–Crippen LogP) is 0.857. The summed E-state index contributed by atoms with van der Waals surface area (Å²) in [5, 5.41) is 16.6. The monoisotopic (exact) mass is 265 g/mol. The van der Waals surface area contributed by atoms with Crippen molar-refractivity contribution in [2.75, 3.05) is 6.61 Å². The van der Waals surface area contributed by atoms with Crippen LogP contribution >= 0.6 is 0 Å². The zero-order chi connectivity index (χ0) is 14.0. The summed E-state index contributed by atoms with van der Waals surface area (Å²) >= 11 is 0. The van der Waals surface area contributed by atoms with Gasteiger partial charge < -0.3 is 10.4 Å². The molecule has 1 saturated carbocycles. The Hall–Kier alpha value is -1.36. The molecule has 5 heteroatoms. The van der Waals surface area contributed by atoms with E-state index >= 15 is 0 Å². The molecule has 19 heavy (non-hydrogen) atoms. The first-order valence-corrected chi connectivity index (χ1v) is 6.92. The highest BCUT2D eigenvalue weighted by atomic mass is 16.3. The molecule has 2 atom stereocenters. The van der Waals surface area contributed by atoms with Crippen LogP contribution in [0.2, 0.25) is 0 Å². The van der Waals surface area contributed by atoms with E-state index in [9.17, 15) is 9.90 Å². The fraction of sp³-hybridized carbons (Fsp3) is 0.714. The Labute approximate surface area is 114 Å². The van der Waals surface area contributed by atoms with Crippen molar-refractivity contribution in [2.45, 2.75) is 45.6 Å². The molecular formula is C14H23N3O2. The summed E-state index contributed by atoms with van der Waals surface area (Å²) in [5.41, 5.74) is 2.97. The first-order chi connectivity index (χ1) is 9.02. The zero-order valence-corrected chi connectivity index (χ0v) is 11.9. The van der Waals surface area contributed by atoms with Gasteiger partial charge in [0.15, 0.2) is 0 Å². The summed E-state index contributed by atoms with van der Waals surface area (Å²) in [6.07, 6.45) is 3.44. The molecule has 0 aliphatic heterocycles. The second-order valence-corrected chi connectivity index (χ2v) is 5.50. The molecule has 1 aliphatic rings. The molecule has 0 spiro atoms. The second-order valence-electron chi connectivity index (χ2n) is 5.50. The number of hydrogen-bond donors (Lipinski definition) is 2. The van der Waals surface area contributed by atoms with Crippen LogP contribution in [0.3, 0.4) is 0 Å². The number of aromatic nitrogens is 2. The first-order valence-electron chi connectivity index (χ1n) is 6.92. The number of aliphatic hydroxyl groups excluding tert-OH is 1. The van der Waals surface area contributed by atoms with Gasteiger partial charge in [0, 0.05) is 36.9 Å². The number of hydrogen-bond acceptors (Lipinski definition) is 3. The summed E-state index contributed by atoms with van der Waals surface area (Å²) in [4.78, 5) is 12.1. The molecule has 0 radical (unpaired) electrons. The van der Waals surface area contributed by atoms with Gasteiger partial charge in [-0.1, -0.05) is 6.42 Å². The van der Waals surface area contributed by atoms with Crippen molar-refractivity contribution in [1.29, 1.82) is 0 Å². The topological polar surface area (TPSA) is 67.2 Å². The van der Waals surface area contributed by atoms with Gasteiger partial charge in [-0.3, -0.25) is 9.48 Å². The van der Waals surface area contributed by atoms with Crippen molar-refractivity contribution < 1.29 is 9.90 Å². The van der Waals surface area contributed by atoms with Crippen LogP contribution in [-0.2, 0) is 18.3 Å². The highest BCUT2D eigenvalue weighted by molar-refractivity contribution is 5.79. The number of amides is 1. The number of carbonyl (C=O) groups excluding carboxylic acids is 1. The lowest BCUT2D eigenvalue weighted by molar-refractivity contribution is -0.121. The Morgan fingerprint density at radius 1 is 1.47 bits per heavy atom. The molecular weight excluding hydrogens is 242 g/mol. The minimum absolute atomic E-state index is 0.0320. The molecule has 0 saturated heterocycles. The van der Waals surface area contributed by atoms with Gasteiger partial charge in [0.2, 0.25) is 5.91 Å². The van der Waals surface area contributed by atoms with Crippen LogP contribution in [0.1, 0.15) is 36.2 Å². The summed E-state index contributed by atoms with van der Waals surface area (Å²) in [6.45, 7) is 4.08. The summed E-state index contributed by atoms with van der Waals surface area (Å²) in [5.74, 6) is 0.254. The van der Waals surface area contributed by atoms with Gasteiger partial charge >= 0.3 is 0 Å². The van der Waals surface area contributed by atoms with Crippen LogP contribution in [0.25, 0.3) is 0 Å². The van der Waals surface area contributed by atoms with Crippen LogP contribution in [0.15, 0.2) is 0 Å². The second kappa shape index (κ2) is 5.74. The Balaban J connectivity index is 1.98. The van der Waals surface area contributed by atoms with Gasteiger partial charge in [0.25, 0.3) is 0 Å². The maximum Gasteiger partial charge on any atom is 0.224 e. The fourth-order valence-electron chi connectivity index (χ4n) is 2.94. The lowest BCUT2D eigenvalue weighted by Crippen LogP contribution is -2.39. The van der Waals surface area contributed by atoms with Crippen molar-refractivity contribution in [2.24, 2.45) is 13.0 Å². The van der Waals surface area contributed by atoms with E-state index in [1.807, 2.05) is 25.6 Å². The lowest BCUT2D eigenvalue weighted by atomic mass is 10.0. The van der Waals surface area contributed by atoms with Crippen LogP contribution < -0.4 is 5.32 Å². The molecule has 106 valence electrons. The van der Waals surface area contributed by atoms with Gasteiger partial charge in [0.1, 0.15) is 0 Å². The van der Waals surface area contributed by atoms with Gasteiger partial charge in [-0.05, 0) is 26.7 Å². The Kier molecular flexibility index (Phi) is 4.24. The maximum absolute atomic E-state index is 12.1. The van der Waals surface area contributed by atoms with E-state index in [0.717, 1.165) is 36.2 Å². The predicted molar refractivity (Wildman–Crippen MR) is 72.7 cm³/mol. The third-order valence-corrected chi connectivity index (χ3v) is 4.24. The quantitative estimate of drug-likeness (QED) is 0.848. The fourth-order valence-corrected chi connectivity index (χ4v) is 2.94. The number of nitrogens with one attached hydrogen (secondary N) is 1. The van der Waals surface area contributed by atoms with Gasteiger partial charge in [0.05, 0.1) is 12.1 Å². The smallest absolute Gasteiger partial charge is 0.224 e. The van der Waals surface area contributed by atoms with Crippen molar-refractivity contribution >= 4 is 5.91 Å². The summed E-state index contributed by atoms with van der Waals surface area (Å²) in [7, 11) is 1.89. The third-order valence-electron chi connectivity index (χ3n) is 4.24. The van der Waals surface area contributed by atoms with E-state index in [1.54, 1.807) is 0 Å². The minimum atomic E-state index is 0.0320. The van der Waals surface area contributed by atoms with Crippen LogP contribution in [0, 0.1) is 19.8 Å². The van der Waals surface area contributed by atoms with Gasteiger partial charge in [-0.25, -0.2) is 0 Å². The summed E-state index contributed by atoms with van der Waals surface area (Å²) in [6, 6.07) is 0.134. The molecule has 2 N–H and O–H groups in total. The Bertz CT molecular complexity index is 468. The number of carbonyl (C=O) groups is 1. The molecule has 2 unspecified atom stereocenters. The van der Waals surface area contributed by atoms with Crippen LogP contribution in [0.4, 0.5) is 0 Å². The van der Waals surface area contributed by atoms with Crippen molar-refractivity contribution in [3.63, 3.8) is 0 Å². The van der Waals surface area contributed by atoms with Crippen molar-refractivity contribution in [1.82, 2.24) is 15.1 Å². The highest BCUT2D eigenvalue weighted by Crippen LogP contribution is 2.25. The molecule has 0 aromatic carbocycles. The van der Waals surface area contributed by atoms with Crippen molar-refractivity contribution in [3.8, 4) is 0 Å². The SMILES string of the molecule is Cc1nn(C)c(C)c1CC(=O)NC1CCCC1CO. The number of aryl methyl sites for hydroxylation is 2. The third kappa shape index (κ3) is 2.97. The Morgan fingerprint density at radius 2 is 2.21 bits per heavy atom. The molecule has 0 bridgehead atoms. The largest absolute Gasteiger partial charge is 0.396 e. The average molecular weight is 265 g/mol.